The van der Waals surface area contributed by atoms with Gasteiger partial charge in [-0.2, -0.15) is 0 Å². The van der Waals surface area contributed by atoms with Gasteiger partial charge in [-0.15, -0.1) is 21.5 Å². The number of aromatic nitrogens is 3. The summed E-state index contributed by atoms with van der Waals surface area (Å²) in [4.78, 5) is 17.6. The highest BCUT2D eigenvalue weighted by atomic mass is 32.2. The maximum atomic E-state index is 12.1. The first-order chi connectivity index (χ1) is 12.3. The Bertz CT molecular complexity index is 963. The molecule has 0 saturated heterocycles. The Morgan fingerprint density at radius 1 is 1.08 bits per heavy atom. The van der Waals surface area contributed by atoms with Crippen LogP contribution in [0.4, 0.5) is 5.13 Å². The predicted octanol–water partition coefficient (Wildman–Crippen LogP) is 4.55. The molecule has 0 fully saturated rings. The lowest BCUT2D eigenvalue weighted by Gasteiger charge is -2.02. The SMILES string of the molecule is O=C(CSc1ccc(-c2cccs2)nn1)Nc1nc2ccccc2s1. The van der Waals surface area contributed by atoms with E-state index in [-0.39, 0.29) is 11.7 Å². The van der Waals surface area contributed by atoms with Crippen molar-refractivity contribution in [2.45, 2.75) is 5.03 Å². The van der Waals surface area contributed by atoms with Gasteiger partial charge in [-0.25, -0.2) is 4.98 Å². The van der Waals surface area contributed by atoms with E-state index >= 15 is 0 Å². The summed E-state index contributed by atoms with van der Waals surface area (Å²) in [6.07, 6.45) is 0. The van der Waals surface area contributed by atoms with Gasteiger partial charge in [0.15, 0.2) is 5.13 Å². The lowest BCUT2D eigenvalue weighted by molar-refractivity contribution is -0.113. The van der Waals surface area contributed by atoms with Crippen LogP contribution >= 0.6 is 34.4 Å². The first-order valence-corrected chi connectivity index (χ1v) is 10.1. The minimum Gasteiger partial charge on any atom is -0.301 e. The van der Waals surface area contributed by atoms with Crippen molar-refractivity contribution >= 4 is 55.7 Å². The highest BCUT2D eigenvalue weighted by Gasteiger charge is 2.09. The van der Waals surface area contributed by atoms with Crippen LogP contribution < -0.4 is 5.32 Å². The lowest BCUT2D eigenvalue weighted by atomic mass is 10.3. The molecule has 8 heteroatoms. The Kier molecular flexibility index (Phi) is 4.73. The van der Waals surface area contributed by atoms with Crippen LogP contribution in [-0.4, -0.2) is 26.8 Å². The maximum absolute atomic E-state index is 12.1. The van der Waals surface area contributed by atoms with Crippen LogP contribution in [0, 0.1) is 0 Å². The molecule has 0 atom stereocenters. The molecule has 0 bridgehead atoms. The van der Waals surface area contributed by atoms with E-state index < -0.39 is 0 Å². The largest absolute Gasteiger partial charge is 0.301 e. The van der Waals surface area contributed by atoms with Crippen LogP contribution in [0.3, 0.4) is 0 Å². The number of carbonyl (C=O) groups is 1. The van der Waals surface area contributed by atoms with E-state index in [0.717, 1.165) is 25.8 Å². The topological polar surface area (TPSA) is 67.8 Å². The normalized spacial score (nSPS) is 10.9. The zero-order valence-electron chi connectivity index (χ0n) is 12.9. The Morgan fingerprint density at radius 3 is 2.76 bits per heavy atom. The molecule has 1 N–H and O–H groups in total. The third-order valence-corrected chi connectivity index (χ3v) is 6.07. The Balaban J connectivity index is 1.35. The lowest BCUT2D eigenvalue weighted by Crippen LogP contribution is -2.13. The van der Waals surface area contributed by atoms with E-state index in [1.165, 1.54) is 23.1 Å². The number of thiophene rings is 1. The molecule has 4 rings (SSSR count). The van der Waals surface area contributed by atoms with Crippen LogP contribution in [0.25, 0.3) is 20.8 Å². The van der Waals surface area contributed by atoms with Crippen LogP contribution in [0.1, 0.15) is 0 Å². The van der Waals surface area contributed by atoms with Crippen molar-refractivity contribution in [3.05, 3.63) is 53.9 Å². The molecule has 1 amide bonds. The fourth-order valence-electron chi connectivity index (χ4n) is 2.17. The molecule has 0 spiro atoms. The zero-order chi connectivity index (χ0) is 17.1. The molecule has 0 aliphatic heterocycles. The molecule has 3 heterocycles. The average Bonchev–Trinajstić information content (AvgIpc) is 3.29. The predicted molar refractivity (Wildman–Crippen MR) is 104 cm³/mol. The van der Waals surface area contributed by atoms with E-state index in [0.29, 0.717) is 5.13 Å². The molecule has 0 radical (unpaired) electrons. The molecule has 0 unspecified atom stereocenters. The number of anilines is 1. The number of hydrogen-bond donors (Lipinski definition) is 1. The van der Waals surface area contributed by atoms with Crippen molar-refractivity contribution in [3.8, 4) is 10.6 Å². The van der Waals surface area contributed by atoms with Gasteiger partial charge < -0.3 is 5.32 Å². The van der Waals surface area contributed by atoms with Crippen LogP contribution in [0.2, 0.25) is 0 Å². The van der Waals surface area contributed by atoms with Crippen molar-refractivity contribution < 1.29 is 4.79 Å². The Hall–Kier alpha value is -2.29. The second-order valence-electron chi connectivity index (χ2n) is 5.06. The number of rotatable bonds is 5. The van der Waals surface area contributed by atoms with Gasteiger partial charge in [-0.05, 0) is 35.7 Å². The van der Waals surface area contributed by atoms with Gasteiger partial charge >= 0.3 is 0 Å². The summed E-state index contributed by atoms with van der Waals surface area (Å²) < 4.78 is 1.06. The quantitative estimate of drug-likeness (QED) is 0.512. The molecule has 25 heavy (non-hydrogen) atoms. The van der Waals surface area contributed by atoms with E-state index in [1.54, 1.807) is 11.3 Å². The Labute approximate surface area is 156 Å². The van der Waals surface area contributed by atoms with Crippen molar-refractivity contribution in [1.29, 1.82) is 0 Å². The van der Waals surface area contributed by atoms with Crippen LogP contribution in [0.5, 0.6) is 0 Å². The number of thiazole rings is 1. The minimum atomic E-state index is -0.104. The fraction of sp³-hybridized carbons (Fsp3) is 0.0588. The number of carbonyl (C=O) groups excluding carboxylic acids is 1. The molecule has 5 nitrogen and oxygen atoms in total. The fourth-order valence-corrected chi connectivity index (χ4v) is 4.36. The third kappa shape index (κ3) is 3.87. The van der Waals surface area contributed by atoms with Gasteiger partial charge in [0, 0.05) is 0 Å². The second kappa shape index (κ2) is 7.30. The van der Waals surface area contributed by atoms with Gasteiger partial charge in [-0.1, -0.05) is 41.3 Å². The van der Waals surface area contributed by atoms with Gasteiger partial charge in [0.2, 0.25) is 5.91 Å². The van der Waals surface area contributed by atoms with Crippen LogP contribution in [0.15, 0.2) is 58.9 Å². The number of nitrogens with one attached hydrogen (secondary N) is 1. The summed E-state index contributed by atoms with van der Waals surface area (Å²) in [5.74, 6) is 0.163. The van der Waals surface area contributed by atoms with Gasteiger partial charge in [0.25, 0.3) is 0 Å². The van der Waals surface area contributed by atoms with Crippen molar-refractivity contribution in [2.75, 3.05) is 11.1 Å². The second-order valence-corrected chi connectivity index (χ2v) is 8.03. The molecule has 1 aromatic carbocycles. The monoisotopic (exact) mass is 384 g/mol. The first-order valence-electron chi connectivity index (χ1n) is 7.44. The number of nitrogens with zero attached hydrogens (tertiary/aromatic N) is 3. The van der Waals surface area contributed by atoms with E-state index in [4.69, 9.17) is 0 Å². The van der Waals surface area contributed by atoms with Crippen molar-refractivity contribution in [3.63, 3.8) is 0 Å². The van der Waals surface area contributed by atoms with Crippen molar-refractivity contribution in [1.82, 2.24) is 15.2 Å². The van der Waals surface area contributed by atoms with E-state index in [1.807, 2.05) is 53.9 Å². The van der Waals surface area contributed by atoms with Gasteiger partial charge in [-0.3, -0.25) is 4.79 Å². The molecular formula is C17H12N4OS3. The van der Waals surface area contributed by atoms with E-state index in [9.17, 15) is 4.79 Å². The number of fused-ring (bicyclic) bond motifs is 1. The number of para-hydroxylation sites is 1. The minimum absolute atomic E-state index is 0.104. The van der Waals surface area contributed by atoms with Crippen LogP contribution in [-0.2, 0) is 4.79 Å². The molecule has 0 aliphatic carbocycles. The summed E-state index contributed by atoms with van der Waals surface area (Å²) in [5, 5.41) is 14.6. The molecule has 124 valence electrons. The number of amides is 1. The standard InChI is InChI=1S/C17H12N4OS3/c22-15(19-17-18-11-4-1-2-5-14(11)25-17)10-24-16-8-7-12(20-21-16)13-6-3-9-23-13/h1-9H,10H2,(H,18,19,22). The summed E-state index contributed by atoms with van der Waals surface area (Å²) in [5.41, 5.74) is 1.74. The summed E-state index contributed by atoms with van der Waals surface area (Å²) in [6.45, 7) is 0. The highest BCUT2D eigenvalue weighted by Crippen LogP contribution is 2.26. The number of hydrogen-bond acceptors (Lipinski definition) is 7. The summed E-state index contributed by atoms with van der Waals surface area (Å²) in [7, 11) is 0. The van der Waals surface area contributed by atoms with E-state index in [2.05, 4.69) is 20.5 Å². The van der Waals surface area contributed by atoms with Gasteiger partial charge in [0.05, 0.1) is 20.8 Å². The molecule has 4 aromatic rings. The summed E-state index contributed by atoms with van der Waals surface area (Å²) >= 11 is 4.45. The molecule has 0 aliphatic rings. The first kappa shape index (κ1) is 16.2. The third-order valence-electron chi connectivity index (χ3n) is 3.31. The molecular weight excluding hydrogens is 372 g/mol. The highest BCUT2D eigenvalue weighted by molar-refractivity contribution is 7.99. The smallest absolute Gasteiger partial charge is 0.236 e. The van der Waals surface area contributed by atoms with Crippen molar-refractivity contribution in [2.24, 2.45) is 0 Å². The molecule has 3 aromatic heterocycles. The number of benzene rings is 1. The zero-order valence-corrected chi connectivity index (χ0v) is 15.3. The maximum Gasteiger partial charge on any atom is 0.236 e. The molecule has 0 saturated carbocycles. The van der Waals surface area contributed by atoms with Gasteiger partial charge in [0.1, 0.15) is 10.7 Å². The average molecular weight is 385 g/mol. The Morgan fingerprint density at radius 2 is 2.00 bits per heavy atom. The number of thioether (sulfide) groups is 1. The summed E-state index contributed by atoms with van der Waals surface area (Å²) in [6, 6.07) is 15.6.